The molecule has 2 aromatic carbocycles. The van der Waals surface area contributed by atoms with Gasteiger partial charge in [-0.3, -0.25) is 9.59 Å². The quantitative estimate of drug-likeness (QED) is 0.664. The summed E-state index contributed by atoms with van der Waals surface area (Å²) in [6.45, 7) is 0.375. The zero-order valence-corrected chi connectivity index (χ0v) is 18.8. The normalized spacial score (nSPS) is 24.7. The predicted molar refractivity (Wildman–Crippen MR) is 123 cm³/mol. The minimum absolute atomic E-state index is 0.00566. The second kappa shape index (κ2) is 9.45. The molecule has 3 unspecified atom stereocenters. The fourth-order valence-corrected chi connectivity index (χ4v) is 5.90. The number of benzene rings is 2. The number of nitrogens with one attached hydrogen (secondary N) is 1. The van der Waals surface area contributed by atoms with E-state index in [0.717, 1.165) is 24.0 Å². The van der Waals surface area contributed by atoms with Crippen LogP contribution >= 0.6 is 23.4 Å². The molecule has 7 heteroatoms. The van der Waals surface area contributed by atoms with Gasteiger partial charge in [0.1, 0.15) is 5.82 Å². The Kier molecular flexibility index (Phi) is 6.68. The first kappa shape index (κ1) is 21.9. The van der Waals surface area contributed by atoms with Crippen LogP contribution in [0.1, 0.15) is 30.4 Å². The van der Waals surface area contributed by atoms with Gasteiger partial charge in [-0.05, 0) is 60.7 Å². The molecule has 2 aliphatic rings. The largest absolute Gasteiger partial charge is 0.352 e. The van der Waals surface area contributed by atoms with E-state index < -0.39 is 0 Å². The number of rotatable bonds is 4. The minimum atomic E-state index is -0.292. The summed E-state index contributed by atoms with van der Waals surface area (Å²) in [5, 5.41) is 3.87. The number of fused-ring (bicyclic) bond motifs is 1. The van der Waals surface area contributed by atoms with Crippen molar-refractivity contribution in [2.75, 3.05) is 7.05 Å². The van der Waals surface area contributed by atoms with Crippen molar-refractivity contribution in [2.24, 2.45) is 5.92 Å². The van der Waals surface area contributed by atoms with Crippen molar-refractivity contribution >= 4 is 41.3 Å². The first-order valence-corrected chi connectivity index (χ1v) is 11.6. The first-order valence-electron chi connectivity index (χ1n) is 10.3. The SMILES string of the molecule is CN1C(=O)/C(=C/c2cccc(Cl)c2)SC2CCC(C(=O)NCc3ccc(F)cc3)CC21. The Bertz CT molecular complexity index is 1010. The van der Waals surface area contributed by atoms with E-state index in [1.54, 1.807) is 28.8 Å². The summed E-state index contributed by atoms with van der Waals surface area (Å²) < 4.78 is 13.0. The van der Waals surface area contributed by atoms with E-state index in [4.69, 9.17) is 11.6 Å². The molecule has 1 aliphatic carbocycles. The third-order valence-corrected chi connectivity index (χ3v) is 7.59. The number of likely N-dealkylation sites (N-methyl/N-ethyl adjacent to an activating group) is 1. The van der Waals surface area contributed by atoms with E-state index in [2.05, 4.69) is 5.32 Å². The van der Waals surface area contributed by atoms with Crippen LogP contribution < -0.4 is 5.32 Å². The number of hydrogen-bond acceptors (Lipinski definition) is 3. The lowest BCUT2D eigenvalue weighted by Gasteiger charge is -2.44. The van der Waals surface area contributed by atoms with Gasteiger partial charge in [0.15, 0.2) is 0 Å². The molecule has 1 N–H and O–H groups in total. The van der Waals surface area contributed by atoms with Gasteiger partial charge in [-0.15, -0.1) is 11.8 Å². The molecule has 1 saturated heterocycles. The van der Waals surface area contributed by atoms with Gasteiger partial charge in [0, 0.05) is 35.8 Å². The molecule has 2 aromatic rings. The van der Waals surface area contributed by atoms with Crippen molar-refractivity contribution in [2.45, 2.75) is 37.1 Å². The Morgan fingerprint density at radius 1 is 1.26 bits per heavy atom. The summed E-state index contributed by atoms with van der Waals surface area (Å²) >= 11 is 7.68. The van der Waals surface area contributed by atoms with E-state index >= 15 is 0 Å². The lowest BCUT2D eigenvalue weighted by Crippen LogP contribution is -2.52. The van der Waals surface area contributed by atoms with Gasteiger partial charge in [0.2, 0.25) is 5.91 Å². The van der Waals surface area contributed by atoms with Gasteiger partial charge in [0.05, 0.1) is 4.91 Å². The number of halogens is 2. The Morgan fingerprint density at radius 2 is 2.03 bits per heavy atom. The van der Waals surface area contributed by atoms with Gasteiger partial charge in [-0.25, -0.2) is 4.39 Å². The second-order valence-electron chi connectivity index (χ2n) is 8.06. The topological polar surface area (TPSA) is 49.4 Å². The fourth-order valence-electron chi connectivity index (χ4n) is 4.22. The molecule has 162 valence electrons. The molecule has 4 rings (SSSR count). The highest BCUT2D eigenvalue weighted by molar-refractivity contribution is 8.04. The number of hydrogen-bond donors (Lipinski definition) is 1. The van der Waals surface area contributed by atoms with Crippen LogP contribution in [0, 0.1) is 11.7 Å². The van der Waals surface area contributed by atoms with Gasteiger partial charge >= 0.3 is 0 Å². The Labute approximate surface area is 190 Å². The van der Waals surface area contributed by atoms with Gasteiger partial charge in [0.25, 0.3) is 5.91 Å². The molecule has 4 nitrogen and oxygen atoms in total. The van der Waals surface area contributed by atoms with Crippen LogP contribution in [0.5, 0.6) is 0 Å². The third kappa shape index (κ3) is 5.13. The van der Waals surface area contributed by atoms with Crippen molar-refractivity contribution in [1.82, 2.24) is 10.2 Å². The lowest BCUT2D eigenvalue weighted by molar-refractivity contribution is -0.132. The predicted octanol–water partition coefficient (Wildman–Crippen LogP) is 4.88. The molecule has 1 aliphatic heterocycles. The molecule has 0 bridgehead atoms. The Hall–Kier alpha value is -2.31. The highest BCUT2D eigenvalue weighted by atomic mass is 35.5. The lowest BCUT2D eigenvalue weighted by atomic mass is 9.83. The molecule has 1 heterocycles. The van der Waals surface area contributed by atoms with Crippen LogP contribution in [0.25, 0.3) is 6.08 Å². The molecular weight excluding hydrogens is 435 g/mol. The highest BCUT2D eigenvalue weighted by Gasteiger charge is 2.42. The van der Waals surface area contributed by atoms with Crippen LogP contribution in [-0.4, -0.2) is 35.1 Å². The molecule has 0 radical (unpaired) electrons. The third-order valence-electron chi connectivity index (χ3n) is 5.96. The van der Waals surface area contributed by atoms with E-state index in [1.165, 1.54) is 12.1 Å². The number of carbonyl (C=O) groups excluding carboxylic acids is 2. The number of amides is 2. The van der Waals surface area contributed by atoms with Gasteiger partial charge in [-0.1, -0.05) is 35.9 Å². The standard InChI is InChI=1S/C24H24ClFN2O2S/c1-28-20-13-17(23(29)27-14-15-5-8-19(26)9-6-15)7-10-21(20)31-22(24(28)30)12-16-3-2-4-18(25)11-16/h2-6,8-9,11-12,17,20-21H,7,10,13-14H2,1H3,(H,27,29)/b22-12-. The first-order chi connectivity index (χ1) is 14.9. The molecule has 2 amide bonds. The maximum atomic E-state index is 13.0. The number of nitrogens with zero attached hydrogens (tertiary/aromatic N) is 1. The minimum Gasteiger partial charge on any atom is -0.352 e. The van der Waals surface area contributed by atoms with E-state index in [1.807, 2.05) is 37.4 Å². The van der Waals surface area contributed by atoms with Gasteiger partial charge in [-0.2, -0.15) is 0 Å². The summed E-state index contributed by atoms with van der Waals surface area (Å²) in [5.74, 6) is -0.442. The van der Waals surface area contributed by atoms with Crippen LogP contribution in [0.2, 0.25) is 5.02 Å². The maximum absolute atomic E-state index is 13.0. The van der Waals surface area contributed by atoms with Crippen LogP contribution in [-0.2, 0) is 16.1 Å². The number of carbonyl (C=O) groups is 2. The fraction of sp³-hybridized carbons (Fsp3) is 0.333. The smallest absolute Gasteiger partial charge is 0.260 e. The van der Waals surface area contributed by atoms with E-state index in [-0.39, 0.29) is 34.8 Å². The molecule has 31 heavy (non-hydrogen) atoms. The molecule has 2 fully saturated rings. The molecule has 0 spiro atoms. The van der Waals surface area contributed by atoms with Crippen LogP contribution in [0.4, 0.5) is 4.39 Å². The summed E-state index contributed by atoms with van der Waals surface area (Å²) in [5.41, 5.74) is 1.77. The van der Waals surface area contributed by atoms with Crippen molar-refractivity contribution in [1.29, 1.82) is 0 Å². The summed E-state index contributed by atoms with van der Waals surface area (Å²) in [6.07, 6.45) is 4.21. The Balaban J connectivity index is 1.39. The van der Waals surface area contributed by atoms with Crippen molar-refractivity contribution < 1.29 is 14.0 Å². The summed E-state index contributed by atoms with van der Waals surface area (Å²) in [7, 11) is 1.82. The van der Waals surface area contributed by atoms with E-state index in [0.29, 0.717) is 22.9 Å². The summed E-state index contributed by atoms with van der Waals surface area (Å²) in [4.78, 5) is 28.2. The highest BCUT2D eigenvalue weighted by Crippen LogP contribution is 2.43. The molecular formula is C24H24ClFN2O2S. The molecule has 0 aromatic heterocycles. The average molecular weight is 459 g/mol. The number of thioether (sulfide) groups is 1. The van der Waals surface area contributed by atoms with E-state index in [9.17, 15) is 14.0 Å². The monoisotopic (exact) mass is 458 g/mol. The summed E-state index contributed by atoms with van der Waals surface area (Å²) in [6, 6.07) is 13.6. The van der Waals surface area contributed by atoms with Gasteiger partial charge < -0.3 is 10.2 Å². The average Bonchev–Trinajstić information content (AvgIpc) is 2.76. The zero-order valence-electron chi connectivity index (χ0n) is 17.2. The zero-order chi connectivity index (χ0) is 22.0. The second-order valence-corrected chi connectivity index (χ2v) is 9.78. The van der Waals surface area contributed by atoms with Crippen molar-refractivity contribution in [3.05, 3.63) is 75.4 Å². The molecule has 3 atom stereocenters. The van der Waals surface area contributed by atoms with Crippen molar-refractivity contribution in [3.8, 4) is 0 Å². The molecule has 1 saturated carbocycles. The maximum Gasteiger partial charge on any atom is 0.260 e. The van der Waals surface area contributed by atoms with Crippen LogP contribution in [0.15, 0.2) is 53.4 Å². The Morgan fingerprint density at radius 3 is 2.77 bits per heavy atom. The van der Waals surface area contributed by atoms with Crippen molar-refractivity contribution in [3.63, 3.8) is 0 Å². The van der Waals surface area contributed by atoms with Crippen LogP contribution in [0.3, 0.4) is 0 Å².